The molecular weight excluding hydrogens is 392 g/mol. The van der Waals surface area contributed by atoms with Crippen molar-refractivity contribution >= 4 is 23.2 Å². The number of anilines is 2. The minimum Gasteiger partial charge on any atom is -0.491 e. The van der Waals surface area contributed by atoms with Crippen LogP contribution in [0.25, 0.3) is 0 Å². The summed E-state index contributed by atoms with van der Waals surface area (Å²) >= 11 is 0. The minimum absolute atomic E-state index is 0.179. The molecule has 0 aromatic heterocycles. The maximum atomic E-state index is 12.6. The molecular formula is C25H26N2O4. The second-order valence-corrected chi connectivity index (χ2v) is 6.88. The van der Waals surface area contributed by atoms with Crippen molar-refractivity contribution in [2.45, 2.75) is 13.8 Å². The summed E-state index contributed by atoms with van der Waals surface area (Å²) in [4.78, 5) is 25.0. The Morgan fingerprint density at radius 1 is 0.806 bits per heavy atom. The van der Waals surface area contributed by atoms with Gasteiger partial charge in [0.05, 0.1) is 6.61 Å². The summed E-state index contributed by atoms with van der Waals surface area (Å²) < 4.78 is 10.9. The molecule has 3 aromatic rings. The van der Waals surface area contributed by atoms with Crippen molar-refractivity contribution in [3.05, 3.63) is 89.5 Å². The predicted molar refractivity (Wildman–Crippen MR) is 122 cm³/mol. The van der Waals surface area contributed by atoms with Gasteiger partial charge in [0.1, 0.15) is 12.4 Å². The highest BCUT2D eigenvalue weighted by atomic mass is 16.5. The highest BCUT2D eigenvalue weighted by Crippen LogP contribution is 2.22. The molecule has 0 fully saturated rings. The Hall–Kier alpha value is -3.64. The number of carbonyl (C=O) groups excluding carboxylic acids is 2. The third-order valence-corrected chi connectivity index (χ3v) is 4.57. The van der Waals surface area contributed by atoms with Crippen molar-refractivity contribution < 1.29 is 19.1 Å². The van der Waals surface area contributed by atoms with Gasteiger partial charge in [-0.1, -0.05) is 24.3 Å². The second kappa shape index (κ2) is 10.9. The molecule has 0 aliphatic heterocycles. The topological polar surface area (TPSA) is 76.7 Å². The summed E-state index contributed by atoms with van der Waals surface area (Å²) in [6, 6.07) is 21.4. The predicted octanol–water partition coefficient (Wildman–Crippen LogP) is 4.91. The van der Waals surface area contributed by atoms with Crippen LogP contribution < -0.4 is 15.4 Å². The summed E-state index contributed by atoms with van der Waals surface area (Å²) in [6.45, 7) is 5.37. The van der Waals surface area contributed by atoms with E-state index in [0.717, 1.165) is 5.56 Å². The van der Waals surface area contributed by atoms with Gasteiger partial charge in [-0.2, -0.15) is 0 Å². The van der Waals surface area contributed by atoms with E-state index >= 15 is 0 Å². The highest BCUT2D eigenvalue weighted by Gasteiger charge is 2.10. The van der Waals surface area contributed by atoms with E-state index in [1.54, 1.807) is 48.5 Å². The zero-order valence-corrected chi connectivity index (χ0v) is 17.7. The van der Waals surface area contributed by atoms with Crippen LogP contribution in [0.15, 0.2) is 72.8 Å². The third kappa shape index (κ3) is 6.42. The average Bonchev–Trinajstić information content (AvgIpc) is 2.79. The van der Waals surface area contributed by atoms with E-state index in [1.165, 1.54) is 0 Å². The first-order valence-corrected chi connectivity index (χ1v) is 10.2. The maximum absolute atomic E-state index is 12.6. The highest BCUT2D eigenvalue weighted by molar-refractivity contribution is 6.06. The van der Waals surface area contributed by atoms with E-state index < -0.39 is 0 Å². The molecule has 160 valence electrons. The van der Waals surface area contributed by atoms with Crippen molar-refractivity contribution in [1.82, 2.24) is 0 Å². The van der Waals surface area contributed by atoms with Crippen LogP contribution >= 0.6 is 0 Å². The van der Waals surface area contributed by atoms with E-state index in [4.69, 9.17) is 9.47 Å². The minimum atomic E-state index is -0.240. The first-order chi connectivity index (χ1) is 15.1. The fraction of sp³-hybridized carbons (Fsp3) is 0.200. The van der Waals surface area contributed by atoms with E-state index in [2.05, 4.69) is 10.6 Å². The van der Waals surface area contributed by atoms with Crippen LogP contribution in [0.5, 0.6) is 5.75 Å². The number of nitrogens with one attached hydrogen (secondary N) is 2. The van der Waals surface area contributed by atoms with Gasteiger partial charge in [-0.15, -0.1) is 0 Å². The van der Waals surface area contributed by atoms with Gasteiger partial charge in [-0.3, -0.25) is 9.59 Å². The number of hydrogen-bond donors (Lipinski definition) is 2. The van der Waals surface area contributed by atoms with Crippen LogP contribution in [0.3, 0.4) is 0 Å². The summed E-state index contributed by atoms with van der Waals surface area (Å²) in [5.74, 6) is 0.194. The fourth-order valence-corrected chi connectivity index (χ4v) is 2.96. The van der Waals surface area contributed by atoms with Gasteiger partial charge in [0, 0.05) is 29.1 Å². The molecule has 6 nitrogen and oxygen atoms in total. The third-order valence-electron chi connectivity index (χ3n) is 4.57. The Morgan fingerprint density at radius 3 is 2.29 bits per heavy atom. The number of amides is 2. The molecule has 3 rings (SSSR count). The van der Waals surface area contributed by atoms with Crippen LogP contribution in [0, 0.1) is 6.92 Å². The molecule has 0 aliphatic carbocycles. The standard InChI is InChI=1S/C25H26N2O4/c1-3-30-14-15-31-22-11-7-10-20(17-22)25(29)26-21-12-13-23(18(2)16-21)27-24(28)19-8-5-4-6-9-19/h4-13,16-17H,3,14-15H2,1-2H3,(H,26,29)(H,27,28). The monoisotopic (exact) mass is 418 g/mol. The SMILES string of the molecule is CCOCCOc1cccc(C(=O)Nc2ccc(NC(=O)c3ccccc3)c(C)c2)c1. The Balaban J connectivity index is 1.62. The number of benzene rings is 3. The lowest BCUT2D eigenvalue weighted by atomic mass is 10.1. The molecule has 2 amide bonds. The number of aryl methyl sites for hydroxylation is 1. The molecule has 31 heavy (non-hydrogen) atoms. The number of carbonyl (C=O) groups is 2. The second-order valence-electron chi connectivity index (χ2n) is 6.88. The van der Waals surface area contributed by atoms with Crippen molar-refractivity contribution in [3.8, 4) is 5.75 Å². The Morgan fingerprint density at radius 2 is 1.55 bits per heavy atom. The van der Waals surface area contributed by atoms with Gasteiger partial charge in [0.2, 0.25) is 0 Å². The first kappa shape index (κ1) is 22.1. The molecule has 0 aliphatic rings. The molecule has 0 saturated heterocycles. The van der Waals surface area contributed by atoms with Crippen LogP contribution in [-0.4, -0.2) is 31.6 Å². The Kier molecular flexibility index (Phi) is 7.79. The van der Waals surface area contributed by atoms with E-state index in [0.29, 0.717) is 48.1 Å². The number of rotatable bonds is 9. The molecule has 3 aromatic carbocycles. The number of hydrogen-bond acceptors (Lipinski definition) is 4. The molecule has 0 unspecified atom stereocenters. The van der Waals surface area contributed by atoms with Crippen LogP contribution in [0.4, 0.5) is 11.4 Å². The average molecular weight is 418 g/mol. The zero-order chi connectivity index (χ0) is 22.1. The molecule has 0 atom stereocenters. The van der Waals surface area contributed by atoms with Gasteiger partial charge < -0.3 is 20.1 Å². The van der Waals surface area contributed by atoms with Gasteiger partial charge in [0.25, 0.3) is 11.8 Å². The summed E-state index contributed by atoms with van der Waals surface area (Å²) in [5.41, 5.74) is 3.25. The molecule has 0 saturated carbocycles. The summed E-state index contributed by atoms with van der Waals surface area (Å²) in [5, 5.41) is 5.78. The van der Waals surface area contributed by atoms with Gasteiger partial charge in [-0.25, -0.2) is 0 Å². The van der Waals surface area contributed by atoms with Crippen molar-refractivity contribution in [3.63, 3.8) is 0 Å². The van der Waals surface area contributed by atoms with E-state index in [1.807, 2.05) is 38.1 Å². The largest absolute Gasteiger partial charge is 0.491 e. The van der Waals surface area contributed by atoms with Crippen molar-refractivity contribution in [2.24, 2.45) is 0 Å². The van der Waals surface area contributed by atoms with Gasteiger partial charge in [0.15, 0.2) is 0 Å². The summed E-state index contributed by atoms with van der Waals surface area (Å²) in [7, 11) is 0. The van der Waals surface area contributed by atoms with Crippen molar-refractivity contribution in [1.29, 1.82) is 0 Å². The Bertz CT molecular complexity index is 1030. The van der Waals surface area contributed by atoms with E-state index in [-0.39, 0.29) is 11.8 Å². The van der Waals surface area contributed by atoms with Crippen molar-refractivity contribution in [2.75, 3.05) is 30.5 Å². The maximum Gasteiger partial charge on any atom is 0.255 e. The molecule has 0 spiro atoms. The summed E-state index contributed by atoms with van der Waals surface area (Å²) in [6.07, 6.45) is 0. The number of ether oxygens (including phenoxy) is 2. The molecule has 0 bridgehead atoms. The first-order valence-electron chi connectivity index (χ1n) is 10.2. The quantitative estimate of drug-likeness (QED) is 0.484. The van der Waals surface area contributed by atoms with Gasteiger partial charge >= 0.3 is 0 Å². The smallest absolute Gasteiger partial charge is 0.255 e. The molecule has 0 radical (unpaired) electrons. The fourth-order valence-electron chi connectivity index (χ4n) is 2.96. The Labute approximate surface area is 182 Å². The van der Waals surface area contributed by atoms with Gasteiger partial charge in [-0.05, 0) is 67.9 Å². The molecule has 0 heterocycles. The molecule has 6 heteroatoms. The van der Waals surface area contributed by atoms with Crippen LogP contribution in [0.2, 0.25) is 0 Å². The lowest BCUT2D eigenvalue weighted by Gasteiger charge is -2.12. The van der Waals surface area contributed by atoms with Crippen LogP contribution in [-0.2, 0) is 4.74 Å². The normalized spacial score (nSPS) is 10.4. The lowest BCUT2D eigenvalue weighted by Crippen LogP contribution is -2.14. The zero-order valence-electron chi connectivity index (χ0n) is 17.7. The molecule has 2 N–H and O–H groups in total. The van der Waals surface area contributed by atoms with E-state index in [9.17, 15) is 9.59 Å². The van der Waals surface area contributed by atoms with Crippen LogP contribution in [0.1, 0.15) is 33.2 Å². The lowest BCUT2D eigenvalue weighted by molar-refractivity contribution is 0.101.